The second-order valence-corrected chi connectivity index (χ2v) is 7.62. The summed E-state index contributed by atoms with van der Waals surface area (Å²) in [5.41, 5.74) is 0.972. The Balaban J connectivity index is 1.36. The van der Waals surface area contributed by atoms with Crippen molar-refractivity contribution in [3.8, 4) is 5.75 Å². The Hall–Kier alpha value is -2.84. The van der Waals surface area contributed by atoms with Crippen LogP contribution in [0.2, 0.25) is 5.02 Å². The molecule has 0 spiro atoms. The maximum atomic E-state index is 13.9. The van der Waals surface area contributed by atoms with Gasteiger partial charge in [0, 0.05) is 37.7 Å². The first-order chi connectivity index (χ1) is 15.0. The second kappa shape index (κ2) is 11.0. The fourth-order valence-corrected chi connectivity index (χ4v) is 3.63. The number of methoxy groups -OCH3 is 1. The van der Waals surface area contributed by atoms with Gasteiger partial charge in [0.25, 0.3) is 0 Å². The van der Waals surface area contributed by atoms with Gasteiger partial charge in [0.2, 0.25) is 0 Å². The normalized spacial score (nSPS) is 14.2. The largest absolute Gasteiger partial charge is 0.495 e. The van der Waals surface area contributed by atoms with Crippen molar-refractivity contribution in [2.24, 2.45) is 0 Å². The topological polar surface area (TPSA) is 73.9 Å². The molecule has 2 amide bonds. The minimum Gasteiger partial charge on any atom is -0.495 e. The van der Waals surface area contributed by atoms with Crippen molar-refractivity contribution in [3.63, 3.8) is 0 Å². The Labute approximate surface area is 186 Å². The zero-order chi connectivity index (χ0) is 22.2. The second-order valence-electron chi connectivity index (χ2n) is 7.19. The summed E-state index contributed by atoms with van der Waals surface area (Å²) in [5, 5.41) is 5.56. The number of halogens is 2. The number of carbonyl (C=O) groups excluding carboxylic acids is 2. The van der Waals surface area contributed by atoms with E-state index in [2.05, 4.69) is 15.5 Å². The first-order valence-electron chi connectivity index (χ1n) is 10.1. The molecule has 1 heterocycles. The molecular weight excluding hydrogens is 423 g/mol. The molecule has 2 N–H and O–H groups in total. The van der Waals surface area contributed by atoms with Gasteiger partial charge in [0.1, 0.15) is 11.6 Å². The van der Waals surface area contributed by atoms with Crippen molar-refractivity contribution < 1.29 is 18.7 Å². The maximum absolute atomic E-state index is 13.9. The zero-order valence-corrected chi connectivity index (χ0v) is 18.1. The van der Waals surface area contributed by atoms with Crippen molar-refractivity contribution >= 4 is 34.8 Å². The summed E-state index contributed by atoms with van der Waals surface area (Å²) >= 11 is 5.93. The Morgan fingerprint density at radius 2 is 1.84 bits per heavy atom. The van der Waals surface area contributed by atoms with E-state index in [0.717, 1.165) is 32.7 Å². The predicted octanol–water partition coefficient (Wildman–Crippen LogP) is 2.75. The van der Waals surface area contributed by atoms with Gasteiger partial charge in [0.05, 0.1) is 18.5 Å². The first kappa shape index (κ1) is 22.8. The maximum Gasteiger partial charge on any atom is 0.313 e. The molecule has 9 heteroatoms. The summed E-state index contributed by atoms with van der Waals surface area (Å²) < 4.78 is 19.1. The summed E-state index contributed by atoms with van der Waals surface area (Å²) in [4.78, 5) is 28.5. The molecular formula is C22H26ClFN4O3. The molecule has 2 aromatic carbocycles. The van der Waals surface area contributed by atoms with Crippen LogP contribution < -0.4 is 20.3 Å². The highest BCUT2D eigenvalue weighted by Gasteiger charge is 2.19. The van der Waals surface area contributed by atoms with Crippen molar-refractivity contribution in [3.05, 3.63) is 53.3 Å². The van der Waals surface area contributed by atoms with E-state index in [9.17, 15) is 14.0 Å². The molecule has 3 rings (SSSR count). The molecule has 0 atom stereocenters. The highest BCUT2D eigenvalue weighted by molar-refractivity contribution is 6.40. The number of piperazine rings is 1. The van der Waals surface area contributed by atoms with Gasteiger partial charge >= 0.3 is 11.8 Å². The Morgan fingerprint density at radius 1 is 1.10 bits per heavy atom. The predicted molar refractivity (Wildman–Crippen MR) is 119 cm³/mol. The van der Waals surface area contributed by atoms with E-state index in [4.69, 9.17) is 16.3 Å². The number of nitrogens with one attached hydrogen (secondary N) is 2. The third-order valence-electron chi connectivity index (χ3n) is 5.12. The van der Waals surface area contributed by atoms with Gasteiger partial charge in [-0.3, -0.25) is 14.5 Å². The quantitative estimate of drug-likeness (QED) is 0.503. The molecule has 1 fully saturated rings. The average molecular weight is 449 g/mol. The van der Waals surface area contributed by atoms with Crippen LogP contribution in [-0.2, 0) is 9.59 Å². The molecule has 0 radical (unpaired) electrons. The number of anilines is 2. The molecule has 1 aliphatic heterocycles. The van der Waals surface area contributed by atoms with Crippen molar-refractivity contribution in [1.29, 1.82) is 0 Å². The smallest absolute Gasteiger partial charge is 0.313 e. The van der Waals surface area contributed by atoms with E-state index in [1.807, 2.05) is 11.0 Å². The Kier molecular flexibility index (Phi) is 8.08. The van der Waals surface area contributed by atoms with Gasteiger partial charge in [-0.25, -0.2) is 4.39 Å². The number of hydrogen-bond acceptors (Lipinski definition) is 5. The fraction of sp³-hybridized carbons (Fsp3) is 0.364. The number of benzene rings is 2. The molecule has 1 aliphatic rings. The van der Waals surface area contributed by atoms with Crippen molar-refractivity contribution in [1.82, 2.24) is 10.2 Å². The number of amides is 2. The summed E-state index contributed by atoms with van der Waals surface area (Å²) in [5.74, 6) is -1.28. The van der Waals surface area contributed by atoms with E-state index >= 15 is 0 Å². The number of para-hydroxylation sites is 1. The summed E-state index contributed by atoms with van der Waals surface area (Å²) in [6.07, 6.45) is 0.708. The summed E-state index contributed by atoms with van der Waals surface area (Å²) in [6, 6.07) is 11.6. The molecule has 0 aromatic heterocycles. The molecule has 166 valence electrons. The van der Waals surface area contributed by atoms with E-state index in [0.29, 0.717) is 35.1 Å². The molecule has 31 heavy (non-hydrogen) atoms. The minimum atomic E-state index is -0.779. The van der Waals surface area contributed by atoms with Gasteiger partial charge in [-0.05, 0) is 43.3 Å². The van der Waals surface area contributed by atoms with Gasteiger partial charge in [-0.1, -0.05) is 23.7 Å². The average Bonchev–Trinajstić information content (AvgIpc) is 2.77. The van der Waals surface area contributed by atoms with Crippen LogP contribution in [-0.4, -0.2) is 63.1 Å². The summed E-state index contributed by atoms with van der Waals surface area (Å²) in [7, 11) is 1.47. The van der Waals surface area contributed by atoms with E-state index in [1.54, 1.807) is 24.3 Å². The lowest BCUT2D eigenvalue weighted by atomic mass is 10.2. The number of ether oxygens (including phenoxy) is 1. The molecule has 0 bridgehead atoms. The lowest BCUT2D eigenvalue weighted by molar-refractivity contribution is -0.136. The SMILES string of the molecule is COc1ccc(Cl)cc1NC(=O)C(=O)NCCCN1CCN(c2ccccc2F)CC1. The van der Waals surface area contributed by atoms with E-state index < -0.39 is 11.8 Å². The van der Waals surface area contributed by atoms with Gasteiger partial charge in [-0.15, -0.1) is 0 Å². The zero-order valence-electron chi connectivity index (χ0n) is 17.4. The number of hydrogen-bond donors (Lipinski definition) is 2. The van der Waals surface area contributed by atoms with E-state index in [-0.39, 0.29) is 5.82 Å². The standard InChI is InChI=1S/C22H26ClFN4O3/c1-31-20-8-7-16(23)15-18(20)26-22(30)21(29)25-9-4-10-27-11-13-28(14-12-27)19-6-3-2-5-17(19)24/h2-3,5-8,15H,4,9-14H2,1H3,(H,25,29)(H,26,30). The molecule has 1 saturated heterocycles. The molecule has 7 nitrogen and oxygen atoms in total. The van der Waals surface area contributed by atoms with Crippen LogP contribution >= 0.6 is 11.6 Å². The van der Waals surface area contributed by atoms with E-state index in [1.165, 1.54) is 19.2 Å². The van der Waals surface area contributed by atoms with Gasteiger partial charge in [-0.2, -0.15) is 0 Å². The van der Waals surface area contributed by atoms with Crippen molar-refractivity contribution in [2.45, 2.75) is 6.42 Å². The third-order valence-corrected chi connectivity index (χ3v) is 5.35. The van der Waals surface area contributed by atoms with Crippen LogP contribution in [0.4, 0.5) is 15.8 Å². The monoisotopic (exact) mass is 448 g/mol. The van der Waals surface area contributed by atoms with Crippen molar-refractivity contribution in [2.75, 3.05) is 56.6 Å². The Morgan fingerprint density at radius 3 is 2.55 bits per heavy atom. The third kappa shape index (κ3) is 6.32. The highest BCUT2D eigenvalue weighted by Crippen LogP contribution is 2.27. The number of rotatable bonds is 7. The summed E-state index contributed by atoms with van der Waals surface area (Å²) in [6.45, 7) is 4.30. The Bertz CT molecular complexity index is 919. The van der Waals surface area contributed by atoms with Crippen LogP contribution in [0.3, 0.4) is 0 Å². The van der Waals surface area contributed by atoms with Crippen LogP contribution in [0.25, 0.3) is 0 Å². The van der Waals surface area contributed by atoms with Crippen LogP contribution in [0.1, 0.15) is 6.42 Å². The molecule has 2 aromatic rings. The molecule has 0 unspecified atom stereocenters. The highest BCUT2D eigenvalue weighted by atomic mass is 35.5. The number of nitrogens with zero attached hydrogens (tertiary/aromatic N) is 2. The van der Waals surface area contributed by atoms with Gasteiger partial charge < -0.3 is 20.3 Å². The molecule has 0 aliphatic carbocycles. The van der Waals surface area contributed by atoms with Gasteiger partial charge in [0.15, 0.2) is 0 Å². The van der Waals surface area contributed by atoms with Crippen LogP contribution in [0, 0.1) is 5.82 Å². The number of carbonyl (C=O) groups is 2. The lowest BCUT2D eigenvalue weighted by Crippen LogP contribution is -2.47. The molecule has 0 saturated carbocycles. The van der Waals surface area contributed by atoms with Crippen LogP contribution in [0.15, 0.2) is 42.5 Å². The minimum absolute atomic E-state index is 0.202. The lowest BCUT2D eigenvalue weighted by Gasteiger charge is -2.36. The van der Waals surface area contributed by atoms with Crippen LogP contribution in [0.5, 0.6) is 5.75 Å². The first-order valence-corrected chi connectivity index (χ1v) is 10.5. The fourth-order valence-electron chi connectivity index (χ4n) is 3.46.